The van der Waals surface area contributed by atoms with Crippen LogP contribution in [0.5, 0.6) is 0 Å². The lowest BCUT2D eigenvalue weighted by Gasteiger charge is -2.07. The molecule has 19 heavy (non-hydrogen) atoms. The lowest BCUT2D eigenvalue weighted by molar-refractivity contribution is -0.137. The third-order valence-electron chi connectivity index (χ3n) is 3.14. The average molecular weight is 271 g/mol. The Bertz CT molecular complexity index is 463. The van der Waals surface area contributed by atoms with Gasteiger partial charge in [0.05, 0.1) is 11.6 Å². The number of benzene rings is 1. The number of ether oxygens (including phenoxy) is 1. The van der Waals surface area contributed by atoms with Crippen molar-refractivity contribution in [3.05, 3.63) is 35.4 Å². The van der Waals surface area contributed by atoms with Gasteiger partial charge >= 0.3 is 6.18 Å². The van der Waals surface area contributed by atoms with Crippen LogP contribution in [0, 0.1) is 5.92 Å². The molecule has 104 valence electrons. The van der Waals surface area contributed by atoms with Gasteiger partial charge in [-0.1, -0.05) is 26.0 Å². The summed E-state index contributed by atoms with van der Waals surface area (Å²) >= 11 is 0. The van der Waals surface area contributed by atoms with Crippen molar-refractivity contribution in [2.24, 2.45) is 10.9 Å². The molecule has 2 rings (SSSR count). The van der Waals surface area contributed by atoms with Crippen molar-refractivity contribution in [1.82, 2.24) is 0 Å². The lowest BCUT2D eigenvalue weighted by atomic mass is 10.1. The van der Waals surface area contributed by atoms with Crippen molar-refractivity contribution in [1.29, 1.82) is 0 Å². The van der Waals surface area contributed by atoms with Crippen molar-refractivity contribution < 1.29 is 17.9 Å². The molecular formula is C14H16F3NO. The molecule has 0 bridgehead atoms. The molecule has 0 saturated heterocycles. The Kier molecular flexibility index (Phi) is 3.83. The third-order valence-corrected chi connectivity index (χ3v) is 3.14. The molecule has 0 unspecified atom stereocenters. The minimum atomic E-state index is -4.29. The fourth-order valence-electron chi connectivity index (χ4n) is 1.87. The van der Waals surface area contributed by atoms with Gasteiger partial charge in [-0.05, 0) is 23.6 Å². The highest BCUT2D eigenvalue weighted by molar-refractivity contribution is 5.80. The fourth-order valence-corrected chi connectivity index (χ4v) is 1.87. The summed E-state index contributed by atoms with van der Waals surface area (Å²) in [4.78, 5) is 4.43. The first-order valence-corrected chi connectivity index (χ1v) is 6.22. The van der Waals surface area contributed by atoms with Gasteiger partial charge in [0.15, 0.2) is 5.90 Å². The van der Waals surface area contributed by atoms with Crippen molar-refractivity contribution in [2.75, 3.05) is 6.61 Å². The second-order valence-corrected chi connectivity index (χ2v) is 5.02. The number of halogens is 3. The lowest BCUT2D eigenvalue weighted by Crippen LogP contribution is -2.13. The molecule has 1 atom stereocenters. The van der Waals surface area contributed by atoms with E-state index in [2.05, 4.69) is 18.8 Å². The van der Waals surface area contributed by atoms with E-state index >= 15 is 0 Å². The van der Waals surface area contributed by atoms with E-state index in [0.717, 1.165) is 17.7 Å². The van der Waals surface area contributed by atoms with E-state index in [1.807, 2.05) is 0 Å². The number of alkyl halides is 3. The minimum Gasteiger partial charge on any atom is -0.478 e. The van der Waals surface area contributed by atoms with Crippen LogP contribution in [-0.2, 0) is 17.3 Å². The predicted molar refractivity (Wildman–Crippen MR) is 67.2 cm³/mol. The summed E-state index contributed by atoms with van der Waals surface area (Å²) in [6, 6.07) is 5.27. The second kappa shape index (κ2) is 5.23. The van der Waals surface area contributed by atoms with E-state index in [4.69, 9.17) is 4.74 Å². The Morgan fingerprint density at radius 3 is 2.37 bits per heavy atom. The quantitative estimate of drug-likeness (QED) is 0.821. The number of hydrogen-bond acceptors (Lipinski definition) is 2. The Balaban J connectivity index is 2.03. The summed E-state index contributed by atoms with van der Waals surface area (Å²) in [5.41, 5.74) is 0.141. The number of rotatable bonds is 3. The van der Waals surface area contributed by atoms with Crippen LogP contribution in [0.3, 0.4) is 0 Å². The van der Waals surface area contributed by atoms with Gasteiger partial charge in [-0.25, -0.2) is 4.99 Å². The molecule has 0 spiro atoms. The largest absolute Gasteiger partial charge is 0.478 e. The molecule has 0 radical (unpaired) electrons. The first kappa shape index (κ1) is 13.9. The third kappa shape index (κ3) is 3.49. The van der Waals surface area contributed by atoms with Crippen molar-refractivity contribution in [2.45, 2.75) is 32.5 Å². The first-order valence-electron chi connectivity index (χ1n) is 6.22. The highest BCUT2D eigenvalue weighted by Gasteiger charge is 2.30. The maximum absolute atomic E-state index is 12.4. The summed E-state index contributed by atoms with van der Waals surface area (Å²) in [6.07, 6.45) is -3.84. The van der Waals surface area contributed by atoms with Crippen molar-refractivity contribution >= 4 is 5.90 Å². The van der Waals surface area contributed by atoms with E-state index in [-0.39, 0.29) is 6.04 Å². The molecule has 1 aromatic carbocycles. The number of nitrogens with zero attached hydrogens (tertiary/aromatic N) is 1. The Labute approximate surface area is 110 Å². The van der Waals surface area contributed by atoms with E-state index in [1.54, 1.807) is 0 Å². The summed E-state index contributed by atoms with van der Waals surface area (Å²) in [7, 11) is 0. The molecule has 0 fully saturated rings. The zero-order valence-electron chi connectivity index (χ0n) is 10.9. The second-order valence-electron chi connectivity index (χ2n) is 5.02. The molecule has 0 amide bonds. The highest BCUT2D eigenvalue weighted by Crippen LogP contribution is 2.29. The zero-order valence-corrected chi connectivity index (χ0v) is 10.9. The smallest absolute Gasteiger partial charge is 0.416 e. The Morgan fingerprint density at radius 1 is 1.26 bits per heavy atom. The topological polar surface area (TPSA) is 21.6 Å². The minimum absolute atomic E-state index is 0.157. The average Bonchev–Trinajstić information content (AvgIpc) is 2.77. The first-order chi connectivity index (χ1) is 8.86. The summed E-state index contributed by atoms with van der Waals surface area (Å²) in [6.45, 7) is 4.70. The molecule has 0 N–H and O–H groups in total. The van der Waals surface area contributed by atoms with E-state index in [9.17, 15) is 13.2 Å². The van der Waals surface area contributed by atoms with Crippen LogP contribution in [0.1, 0.15) is 25.0 Å². The normalized spacial score (nSPS) is 19.5. The zero-order chi connectivity index (χ0) is 14.0. The molecule has 5 heteroatoms. The van der Waals surface area contributed by atoms with Crippen LogP contribution in [-0.4, -0.2) is 18.5 Å². The van der Waals surface area contributed by atoms with Crippen LogP contribution in [0.25, 0.3) is 0 Å². The van der Waals surface area contributed by atoms with Crippen LogP contribution in [0.2, 0.25) is 0 Å². The van der Waals surface area contributed by atoms with Gasteiger partial charge in [-0.2, -0.15) is 13.2 Å². The van der Waals surface area contributed by atoms with E-state index < -0.39 is 11.7 Å². The maximum Gasteiger partial charge on any atom is 0.416 e. The molecular weight excluding hydrogens is 255 g/mol. The van der Waals surface area contributed by atoms with Gasteiger partial charge < -0.3 is 4.74 Å². The van der Waals surface area contributed by atoms with Crippen molar-refractivity contribution in [3.63, 3.8) is 0 Å². The summed E-state index contributed by atoms with van der Waals surface area (Å²) in [5.74, 6) is 1.02. The molecule has 1 heterocycles. The molecule has 0 aliphatic carbocycles. The van der Waals surface area contributed by atoms with Crippen LogP contribution in [0.4, 0.5) is 13.2 Å². The maximum atomic E-state index is 12.4. The monoisotopic (exact) mass is 271 g/mol. The molecule has 1 aliphatic rings. The van der Waals surface area contributed by atoms with Crippen LogP contribution < -0.4 is 0 Å². The molecule has 0 saturated carbocycles. The highest BCUT2D eigenvalue weighted by atomic mass is 19.4. The Hall–Kier alpha value is -1.52. The summed E-state index contributed by atoms with van der Waals surface area (Å²) in [5, 5.41) is 0. The van der Waals surface area contributed by atoms with Gasteiger partial charge in [0.2, 0.25) is 0 Å². The number of aliphatic imine (C=N–C) groups is 1. The van der Waals surface area contributed by atoms with Gasteiger partial charge in [-0.3, -0.25) is 0 Å². The Morgan fingerprint density at radius 2 is 1.89 bits per heavy atom. The van der Waals surface area contributed by atoms with Crippen molar-refractivity contribution in [3.8, 4) is 0 Å². The van der Waals surface area contributed by atoms with Gasteiger partial charge in [0, 0.05) is 6.42 Å². The standard InChI is InChI=1S/C14H16F3NO/c1-9(2)12-8-19-13(18-12)7-10-3-5-11(6-4-10)14(15,16)17/h3-6,9,12H,7-8H2,1-2H3/t12-/m0/s1. The van der Waals surface area contributed by atoms with Crippen LogP contribution in [0.15, 0.2) is 29.3 Å². The molecule has 0 aromatic heterocycles. The van der Waals surface area contributed by atoms with E-state index in [0.29, 0.717) is 24.8 Å². The van der Waals surface area contributed by atoms with E-state index in [1.165, 1.54) is 12.1 Å². The van der Waals surface area contributed by atoms with Gasteiger partial charge in [0.1, 0.15) is 6.61 Å². The SMILES string of the molecule is CC(C)[C@@H]1COC(Cc2ccc(C(F)(F)F)cc2)=N1. The van der Waals surface area contributed by atoms with Gasteiger partial charge in [0.25, 0.3) is 0 Å². The summed E-state index contributed by atoms with van der Waals surface area (Å²) < 4.78 is 42.7. The van der Waals surface area contributed by atoms with Crippen LogP contribution >= 0.6 is 0 Å². The van der Waals surface area contributed by atoms with Gasteiger partial charge in [-0.15, -0.1) is 0 Å². The number of hydrogen-bond donors (Lipinski definition) is 0. The molecule has 2 nitrogen and oxygen atoms in total. The molecule has 1 aliphatic heterocycles. The molecule has 1 aromatic rings. The fraction of sp³-hybridized carbons (Fsp3) is 0.500. The predicted octanol–water partition coefficient (Wildman–Crippen LogP) is 3.70.